The van der Waals surface area contributed by atoms with Crippen LogP contribution in [0.1, 0.15) is 43.2 Å². The van der Waals surface area contributed by atoms with Gasteiger partial charge in [0.25, 0.3) is 0 Å². The van der Waals surface area contributed by atoms with Gasteiger partial charge in [-0.3, -0.25) is 0 Å². The summed E-state index contributed by atoms with van der Waals surface area (Å²) >= 11 is 4.72. The zero-order valence-electron chi connectivity index (χ0n) is 10.9. The van der Waals surface area contributed by atoms with E-state index in [4.69, 9.17) is 22.7 Å². The number of rotatable bonds is 3. The van der Waals surface area contributed by atoms with E-state index < -0.39 is 11.7 Å². The molecule has 0 bridgehead atoms. The summed E-state index contributed by atoms with van der Waals surface area (Å²) < 4.78 is 44.8. The molecule has 20 heavy (non-hydrogen) atoms. The third-order valence-corrected chi connectivity index (χ3v) is 3.65. The minimum atomic E-state index is -4.48. The second-order valence-corrected chi connectivity index (χ2v) is 5.39. The quantitative estimate of drug-likeness (QED) is 0.856. The zero-order chi connectivity index (χ0) is 14.8. The number of halogens is 3. The highest BCUT2D eigenvalue weighted by atomic mass is 32.1. The van der Waals surface area contributed by atoms with E-state index in [1.807, 2.05) is 0 Å². The molecule has 1 aliphatic carbocycles. The van der Waals surface area contributed by atoms with E-state index in [1.165, 1.54) is 12.1 Å². The first-order chi connectivity index (χ1) is 9.38. The van der Waals surface area contributed by atoms with Crippen LogP contribution in [0, 0.1) is 0 Å². The normalized spacial score (nSPS) is 16.9. The molecule has 1 aromatic rings. The number of alkyl halides is 3. The average Bonchev–Trinajstić information content (AvgIpc) is 2.39. The predicted octanol–water partition coefficient (Wildman–Crippen LogP) is 4.05. The molecule has 0 saturated heterocycles. The van der Waals surface area contributed by atoms with Gasteiger partial charge in [0.1, 0.15) is 10.7 Å². The van der Waals surface area contributed by atoms with E-state index in [9.17, 15) is 13.2 Å². The molecular formula is C14H16F3NOS. The van der Waals surface area contributed by atoms with Crippen molar-refractivity contribution in [2.75, 3.05) is 0 Å². The van der Waals surface area contributed by atoms with Gasteiger partial charge in [-0.15, -0.1) is 0 Å². The predicted molar refractivity (Wildman–Crippen MR) is 74.8 cm³/mol. The van der Waals surface area contributed by atoms with Gasteiger partial charge in [0.15, 0.2) is 0 Å². The maximum absolute atomic E-state index is 13.1. The average molecular weight is 303 g/mol. The molecule has 2 nitrogen and oxygen atoms in total. The standard InChI is InChI=1S/C14H16F3NOS/c15-14(16,17)11-8-9(13(18)20)6-7-12(11)19-10-4-2-1-3-5-10/h6-8,10H,1-5H2,(H2,18,20). The Balaban J connectivity index is 2.28. The molecule has 2 rings (SSSR count). The van der Waals surface area contributed by atoms with Gasteiger partial charge in [0.05, 0.1) is 11.7 Å². The molecule has 0 unspecified atom stereocenters. The van der Waals surface area contributed by atoms with Gasteiger partial charge < -0.3 is 10.5 Å². The first-order valence-electron chi connectivity index (χ1n) is 6.55. The van der Waals surface area contributed by atoms with Gasteiger partial charge >= 0.3 is 6.18 Å². The molecule has 1 aliphatic rings. The van der Waals surface area contributed by atoms with Gasteiger partial charge in [0.2, 0.25) is 0 Å². The molecule has 6 heteroatoms. The lowest BCUT2D eigenvalue weighted by atomic mass is 9.97. The maximum atomic E-state index is 13.1. The van der Waals surface area contributed by atoms with Crippen LogP contribution < -0.4 is 10.5 Å². The molecule has 0 heterocycles. The van der Waals surface area contributed by atoms with E-state index in [2.05, 4.69) is 0 Å². The molecule has 0 spiro atoms. The highest BCUT2D eigenvalue weighted by Crippen LogP contribution is 2.38. The van der Waals surface area contributed by atoms with Crippen LogP contribution in [0.25, 0.3) is 0 Å². The fourth-order valence-corrected chi connectivity index (χ4v) is 2.50. The Labute approximate surface area is 121 Å². The van der Waals surface area contributed by atoms with Gasteiger partial charge in [-0.05, 0) is 43.9 Å². The van der Waals surface area contributed by atoms with Crippen LogP contribution in [0.4, 0.5) is 13.2 Å². The highest BCUT2D eigenvalue weighted by molar-refractivity contribution is 7.80. The Hall–Kier alpha value is -1.30. The number of hydrogen-bond donors (Lipinski definition) is 1. The fraction of sp³-hybridized carbons (Fsp3) is 0.500. The van der Waals surface area contributed by atoms with Crippen molar-refractivity contribution in [3.05, 3.63) is 29.3 Å². The van der Waals surface area contributed by atoms with E-state index in [1.54, 1.807) is 0 Å². The lowest BCUT2D eigenvalue weighted by molar-refractivity contribution is -0.139. The molecule has 1 aromatic carbocycles. The molecule has 1 fully saturated rings. The molecule has 0 aliphatic heterocycles. The summed E-state index contributed by atoms with van der Waals surface area (Å²) in [6, 6.07) is 3.74. The Morgan fingerprint density at radius 1 is 1.20 bits per heavy atom. The van der Waals surface area contributed by atoms with Crippen molar-refractivity contribution in [2.24, 2.45) is 5.73 Å². The summed E-state index contributed by atoms with van der Waals surface area (Å²) in [4.78, 5) is -0.0558. The Morgan fingerprint density at radius 2 is 1.85 bits per heavy atom. The monoisotopic (exact) mass is 303 g/mol. The molecule has 0 atom stereocenters. The Bertz CT molecular complexity index is 496. The summed E-state index contributed by atoms with van der Waals surface area (Å²) in [5, 5.41) is 0. The summed E-state index contributed by atoms with van der Waals surface area (Å²) in [5.41, 5.74) is 4.77. The minimum Gasteiger partial charge on any atom is -0.490 e. The largest absolute Gasteiger partial charge is 0.490 e. The second kappa shape index (κ2) is 5.99. The third kappa shape index (κ3) is 3.62. The van der Waals surface area contributed by atoms with E-state index in [0.29, 0.717) is 0 Å². The highest BCUT2D eigenvalue weighted by Gasteiger charge is 2.35. The van der Waals surface area contributed by atoms with Crippen LogP contribution in [0.15, 0.2) is 18.2 Å². The van der Waals surface area contributed by atoms with Crippen molar-refractivity contribution >= 4 is 17.2 Å². The first kappa shape index (κ1) is 15.1. The van der Waals surface area contributed by atoms with Crippen LogP contribution in [0.3, 0.4) is 0 Å². The molecule has 0 amide bonds. The molecule has 1 saturated carbocycles. The van der Waals surface area contributed by atoms with Crippen LogP contribution in [0.5, 0.6) is 5.75 Å². The summed E-state index contributed by atoms with van der Waals surface area (Å²) in [6.45, 7) is 0. The van der Waals surface area contributed by atoms with Crippen LogP contribution in [-0.4, -0.2) is 11.1 Å². The second-order valence-electron chi connectivity index (χ2n) is 4.95. The van der Waals surface area contributed by atoms with E-state index in [0.717, 1.165) is 38.2 Å². The number of ether oxygens (including phenoxy) is 1. The molecule has 110 valence electrons. The van der Waals surface area contributed by atoms with Crippen LogP contribution >= 0.6 is 12.2 Å². The van der Waals surface area contributed by atoms with Crippen molar-refractivity contribution in [2.45, 2.75) is 44.4 Å². The van der Waals surface area contributed by atoms with Crippen molar-refractivity contribution in [3.63, 3.8) is 0 Å². The van der Waals surface area contributed by atoms with Crippen molar-refractivity contribution < 1.29 is 17.9 Å². The third-order valence-electron chi connectivity index (χ3n) is 3.42. The van der Waals surface area contributed by atoms with Gasteiger partial charge in [-0.1, -0.05) is 18.6 Å². The maximum Gasteiger partial charge on any atom is 0.419 e. The smallest absolute Gasteiger partial charge is 0.419 e. The topological polar surface area (TPSA) is 35.2 Å². The summed E-state index contributed by atoms with van der Waals surface area (Å²) in [5.74, 6) is -0.135. The van der Waals surface area contributed by atoms with Gasteiger partial charge in [-0.2, -0.15) is 13.2 Å². The molecule has 0 aromatic heterocycles. The molecule has 2 N–H and O–H groups in total. The van der Waals surface area contributed by atoms with E-state index in [-0.39, 0.29) is 22.4 Å². The SMILES string of the molecule is NC(=S)c1ccc(OC2CCCCC2)c(C(F)(F)F)c1. The number of thiocarbonyl (C=S) groups is 1. The Kier molecular flexibility index (Phi) is 4.52. The van der Waals surface area contributed by atoms with Crippen LogP contribution in [0.2, 0.25) is 0 Å². The van der Waals surface area contributed by atoms with Crippen LogP contribution in [-0.2, 0) is 6.18 Å². The van der Waals surface area contributed by atoms with Crippen molar-refractivity contribution in [3.8, 4) is 5.75 Å². The zero-order valence-corrected chi connectivity index (χ0v) is 11.7. The minimum absolute atomic E-state index is 0.0558. The van der Waals surface area contributed by atoms with Gasteiger partial charge in [0, 0.05) is 5.56 Å². The number of nitrogens with two attached hydrogens (primary N) is 1. The first-order valence-corrected chi connectivity index (χ1v) is 6.96. The Morgan fingerprint density at radius 3 is 2.40 bits per heavy atom. The lowest BCUT2D eigenvalue weighted by Crippen LogP contribution is -2.22. The van der Waals surface area contributed by atoms with Crippen molar-refractivity contribution in [1.29, 1.82) is 0 Å². The fourth-order valence-electron chi connectivity index (χ4n) is 2.37. The summed E-state index contributed by atoms with van der Waals surface area (Å²) in [6.07, 6.45) is 0.0916. The molecular weight excluding hydrogens is 287 g/mol. The number of benzene rings is 1. The van der Waals surface area contributed by atoms with E-state index >= 15 is 0 Å². The van der Waals surface area contributed by atoms with Gasteiger partial charge in [-0.25, -0.2) is 0 Å². The van der Waals surface area contributed by atoms with Crippen molar-refractivity contribution in [1.82, 2.24) is 0 Å². The lowest BCUT2D eigenvalue weighted by Gasteiger charge is -2.25. The molecule has 0 radical (unpaired) electrons. The summed E-state index contributed by atoms with van der Waals surface area (Å²) in [7, 11) is 0. The number of hydrogen-bond acceptors (Lipinski definition) is 2.